The third kappa shape index (κ3) is 3.68. The van der Waals surface area contributed by atoms with Gasteiger partial charge in [-0.25, -0.2) is 0 Å². The number of hydrogen-bond acceptors (Lipinski definition) is 1. The van der Waals surface area contributed by atoms with Crippen LogP contribution in [-0.4, -0.2) is 12.6 Å². The molecule has 1 saturated carbocycles. The molecule has 1 N–H and O–H groups in total. The zero-order valence-corrected chi connectivity index (χ0v) is 9.85. The number of rotatable bonds is 4. The Bertz CT molecular complexity index is 151. The van der Waals surface area contributed by atoms with Gasteiger partial charge in [0.2, 0.25) is 0 Å². The molecule has 78 valence electrons. The molecule has 0 aliphatic heterocycles. The monoisotopic (exact) mass is 183 g/mol. The van der Waals surface area contributed by atoms with Gasteiger partial charge in [0.1, 0.15) is 0 Å². The van der Waals surface area contributed by atoms with E-state index in [1.807, 2.05) is 0 Å². The summed E-state index contributed by atoms with van der Waals surface area (Å²) in [5.41, 5.74) is 0.475. The average molecular weight is 183 g/mol. The van der Waals surface area contributed by atoms with Crippen LogP contribution < -0.4 is 5.32 Å². The molecule has 0 aromatic carbocycles. The molecule has 1 nitrogen and oxygen atoms in total. The molecule has 0 spiro atoms. The predicted molar refractivity (Wildman–Crippen MR) is 58.8 cm³/mol. The van der Waals surface area contributed by atoms with Crippen LogP contribution in [0.15, 0.2) is 0 Å². The van der Waals surface area contributed by atoms with Crippen molar-refractivity contribution in [3.8, 4) is 0 Å². The van der Waals surface area contributed by atoms with E-state index in [0.29, 0.717) is 11.5 Å². The van der Waals surface area contributed by atoms with Gasteiger partial charge >= 0.3 is 0 Å². The Morgan fingerprint density at radius 1 is 1.23 bits per heavy atom. The van der Waals surface area contributed by atoms with Gasteiger partial charge in [-0.15, -0.1) is 0 Å². The largest absolute Gasteiger partial charge is 0.314 e. The predicted octanol–water partition coefficient (Wildman–Crippen LogP) is 3.06. The third-order valence-corrected chi connectivity index (χ3v) is 3.05. The summed E-state index contributed by atoms with van der Waals surface area (Å²) in [4.78, 5) is 0. The highest BCUT2D eigenvalue weighted by molar-refractivity contribution is 4.89. The van der Waals surface area contributed by atoms with E-state index in [0.717, 1.165) is 11.8 Å². The Labute approximate surface area is 83.3 Å². The van der Waals surface area contributed by atoms with Crippen LogP contribution in [0.25, 0.3) is 0 Å². The first-order valence-electron chi connectivity index (χ1n) is 5.64. The van der Waals surface area contributed by atoms with E-state index >= 15 is 0 Å². The maximum atomic E-state index is 3.57. The van der Waals surface area contributed by atoms with Gasteiger partial charge in [0.15, 0.2) is 0 Å². The van der Waals surface area contributed by atoms with E-state index in [1.165, 1.54) is 19.4 Å². The Morgan fingerprint density at radius 3 is 2.08 bits per heavy atom. The van der Waals surface area contributed by atoms with Crippen LogP contribution in [-0.2, 0) is 0 Å². The summed E-state index contributed by atoms with van der Waals surface area (Å²) in [6.45, 7) is 12.8. The lowest BCUT2D eigenvalue weighted by Crippen LogP contribution is -2.36. The molecule has 0 saturated heterocycles. The molecular formula is C12H25N. The summed E-state index contributed by atoms with van der Waals surface area (Å²) >= 11 is 0. The third-order valence-electron chi connectivity index (χ3n) is 3.05. The molecule has 1 aliphatic rings. The fourth-order valence-electron chi connectivity index (χ4n) is 2.04. The van der Waals surface area contributed by atoms with Crippen LogP contribution >= 0.6 is 0 Å². The summed E-state index contributed by atoms with van der Waals surface area (Å²) in [5.74, 6) is 1.88. The molecule has 0 aromatic heterocycles. The first-order chi connectivity index (χ1) is 5.91. The van der Waals surface area contributed by atoms with Gasteiger partial charge in [0.25, 0.3) is 0 Å². The molecular weight excluding hydrogens is 158 g/mol. The fraction of sp³-hybridized carbons (Fsp3) is 1.00. The lowest BCUT2D eigenvalue weighted by atomic mass is 9.77. The van der Waals surface area contributed by atoms with E-state index in [1.54, 1.807) is 0 Å². The Hall–Kier alpha value is -0.0400. The Kier molecular flexibility index (Phi) is 3.39. The first-order valence-corrected chi connectivity index (χ1v) is 5.64. The molecule has 1 fully saturated rings. The van der Waals surface area contributed by atoms with Crippen LogP contribution in [0.1, 0.15) is 47.5 Å². The molecule has 1 unspecified atom stereocenters. The minimum atomic E-state index is 0.475. The minimum absolute atomic E-state index is 0.475. The number of hydrogen-bond donors (Lipinski definition) is 1. The normalized spacial score (nSPS) is 20.8. The van der Waals surface area contributed by atoms with Crippen molar-refractivity contribution in [1.82, 2.24) is 5.32 Å². The van der Waals surface area contributed by atoms with Crippen molar-refractivity contribution in [3.63, 3.8) is 0 Å². The van der Waals surface area contributed by atoms with Crippen molar-refractivity contribution in [1.29, 1.82) is 0 Å². The second kappa shape index (κ2) is 4.00. The maximum Gasteiger partial charge on any atom is 0.00104 e. The summed E-state index contributed by atoms with van der Waals surface area (Å²) in [5, 5.41) is 3.57. The standard InChI is InChI=1S/C12H25N/c1-9(2)13-8-11(10-6-7-10)12(3,4)5/h9-11,13H,6-8H2,1-5H3. The summed E-state index contributed by atoms with van der Waals surface area (Å²) in [7, 11) is 0. The second-order valence-corrected chi connectivity index (χ2v) is 5.87. The van der Waals surface area contributed by atoms with Crippen molar-refractivity contribution < 1.29 is 0 Å². The first kappa shape index (κ1) is 11.0. The van der Waals surface area contributed by atoms with Gasteiger partial charge in [-0.05, 0) is 36.6 Å². The summed E-state index contributed by atoms with van der Waals surface area (Å²) < 4.78 is 0. The van der Waals surface area contributed by atoms with E-state index in [-0.39, 0.29) is 0 Å². The molecule has 1 heteroatoms. The highest BCUT2D eigenvalue weighted by atomic mass is 14.9. The molecule has 0 bridgehead atoms. The highest BCUT2D eigenvalue weighted by Gasteiger charge is 2.38. The van der Waals surface area contributed by atoms with Gasteiger partial charge in [0, 0.05) is 6.04 Å². The molecule has 1 rings (SSSR count). The number of nitrogens with one attached hydrogen (secondary N) is 1. The minimum Gasteiger partial charge on any atom is -0.314 e. The van der Waals surface area contributed by atoms with Crippen LogP contribution in [0, 0.1) is 17.3 Å². The van der Waals surface area contributed by atoms with Crippen molar-refractivity contribution in [2.24, 2.45) is 17.3 Å². The smallest absolute Gasteiger partial charge is 0.00104 e. The molecule has 0 aromatic rings. The quantitative estimate of drug-likeness (QED) is 0.706. The van der Waals surface area contributed by atoms with Gasteiger partial charge in [-0.3, -0.25) is 0 Å². The summed E-state index contributed by atoms with van der Waals surface area (Å²) in [6, 6.07) is 0.628. The van der Waals surface area contributed by atoms with E-state index < -0.39 is 0 Å². The Balaban J connectivity index is 2.39. The molecule has 0 amide bonds. The van der Waals surface area contributed by atoms with E-state index in [4.69, 9.17) is 0 Å². The maximum absolute atomic E-state index is 3.57. The summed E-state index contributed by atoms with van der Waals surface area (Å²) in [6.07, 6.45) is 2.92. The fourth-order valence-corrected chi connectivity index (χ4v) is 2.04. The Morgan fingerprint density at radius 2 is 1.77 bits per heavy atom. The zero-order valence-electron chi connectivity index (χ0n) is 9.85. The van der Waals surface area contributed by atoms with E-state index in [9.17, 15) is 0 Å². The molecule has 1 atom stereocenters. The van der Waals surface area contributed by atoms with Crippen LogP contribution in [0.4, 0.5) is 0 Å². The van der Waals surface area contributed by atoms with Gasteiger partial charge in [-0.2, -0.15) is 0 Å². The van der Waals surface area contributed by atoms with Crippen LogP contribution in [0.2, 0.25) is 0 Å². The lowest BCUT2D eigenvalue weighted by Gasteiger charge is -2.31. The van der Waals surface area contributed by atoms with E-state index in [2.05, 4.69) is 39.9 Å². The second-order valence-electron chi connectivity index (χ2n) is 5.87. The zero-order chi connectivity index (χ0) is 10.1. The van der Waals surface area contributed by atoms with Crippen molar-refractivity contribution in [2.75, 3.05) is 6.54 Å². The highest BCUT2D eigenvalue weighted by Crippen LogP contribution is 2.45. The molecule has 0 radical (unpaired) electrons. The van der Waals surface area contributed by atoms with Gasteiger partial charge in [-0.1, -0.05) is 34.6 Å². The molecule has 1 aliphatic carbocycles. The van der Waals surface area contributed by atoms with Gasteiger partial charge < -0.3 is 5.32 Å². The van der Waals surface area contributed by atoms with Gasteiger partial charge in [0.05, 0.1) is 0 Å². The average Bonchev–Trinajstić information content (AvgIpc) is 2.67. The van der Waals surface area contributed by atoms with Crippen LogP contribution in [0.3, 0.4) is 0 Å². The topological polar surface area (TPSA) is 12.0 Å². The SMILES string of the molecule is CC(C)NCC(C1CC1)C(C)(C)C. The van der Waals surface area contributed by atoms with Crippen LogP contribution in [0.5, 0.6) is 0 Å². The lowest BCUT2D eigenvalue weighted by molar-refractivity contribution is 0.200. The van der Waals surface area contributed by atoms with Crippen molar-refractivity contribution in [3.05, 3.63) is 0 Å². The van der Waals surface area contributed by atoms with Crippen molar-refractivity contribution >= 4 is 0 Å². The van der Waals surface area contributed by atoms with Crippen molar-refractivity contribution in [2.45, 2.75) is 53.5 Å². The molecule has 0 heterocycles. The molecule has 13 heavy (non-hydrogen) atoms.